The van der Waals surface area contributed by atoms with Crippen LogP contribution in [0.25, 0.3) is 0 Å². The number of piperazine rings is 1. The van der Waals surface area contributed by atoms with Crippen LogP contribution in [0.1, 0.15) is 13.8 Å². The van der Waals surface area contributed by atoms with Crippen LogP contribution in [-0.4, -0.2) is 72.5 Å². The summed E-state index contributed by atoms with van der Waals surface area (Å²) in [7, 11) is 3.46. The molecule has 1 aliphatic rings. The van der Waals surface area contributed by atoms with E-state index in [9.17, 15) is 4.79 Å². The molecule has 1 atom stereocenters. The van der Waals surface area contributed by atoms with Crippen molar-refractivity contribution in [3.63, 3.8) is 0 Å². The van der Waals surface area contributed by atoms with Gasteiger partial charge in [0.15, 0.2) is 17.5 Å². The first kappa shape index (κ1) is 21.5. The van der Waals surface area contributed by atoms with Crippen molar-refractivity contribution in [3.05, 3.63) is 36.7 Å². The van der Waals surface area contributed by atoms with Gasteiger partial charge in [-0.15, -0.1) is 0 Å². The summed E-state index contributed by atoms with van der Waals surface area (Å²) in [5, 5.41) is 7.44. The normalized spacial score (nSPS) is 15.9. The molecule has 0 saturated carbocycles. The molecule has 0 spiro atoms. The minimum Gasteiger partial charge on any atom is -0.493 e. The number of carbonyl (C=O) groups is 1. The molecule has 162 valence electrons. The minimum atomic E-state index is -0.151. The van der Waals surface area contributed by atoms with Crippen molar-refractivity contribution in [2.75, 3.05) is 44.7 Å². The summed E-state index contributed by atoms with van der Waals surface area (Å²) in [5.74, 6) is 2.12. The van der Waals surface area contributed by atoms with Crippen LogP contribution in [0.3, 0.4) is 0 Å². The Hall–Kier alpha value is -3.23. The molecule has 1 fully saturated rings. The molecule has 0 radical (unpaired) electrons. The zero-order chi connectivity index (χ0) is 21.5. The molecule has 0 bridgehead atoms. The van der Waals surface area contributed by atoms with Crippen LogP contribution >= 0.6 is 0 Å². The minimum absolute atomic E-state index is 0.0261. The zero-order valence-corrected chi connectivity index (χ0v) is 18.0. The van der Waals surface area contributed by atoms with E-state index in [1.165, 1.54) is 0 Å². The van der Waals surface area contributed by atoms with Gasteiger partial charge in [0.2, 0.25) is 5.91 Å². The lowest BCUT2D eigenvalue weighted by Crippen LogP contribution is -2.55. The zero-order valence-electron chi connectivity index (χ0n) is 18.0. The fourth-order valence-electron chi connectivity index (χ4n) is 3.29. The monoisotopic (exact) mass is 414 g/mol. The third-order valence-electron chi connectivity index (χ3n) is 4.75. The average molecular weight is 415 g/mol. The number of hydrogen-bond donors (Lipinski definition) is 1. The molecule has 1 amide bonds. The Morgan fingerprint density at radius 3 is 2.70 bits per heavy atom. The molecule has 1 unspecified atom stereocenters. The van der Waals surface area contributed by atoms with E-state index in [1.54, 1.807) is 22.9 Å². The fourth-order valence-corrected chi connectivity index (χ4v) is 3.29. The highest BCUT2D eigenvalue weighted by atomic mass is 16.5. The number of ether oxygens (including phenoxy) is 2. The second kappa shape index (κ2) is 10.00. The molecule has 2 aromatic rings. The van der Waals surface area contributed by atoms with Gasteiger partial charge >= 0.3 is 0 Å². The van der Waals surface area contributed by atoms with Crippen molar-refractivity contribution >= 4 is 17.6 Å². The van der Waals surface area contributed by atoms with Crippen molar-refractivity contribution in [1.82, 2.24) is 20.0 Å². The van der Waals surface area contributed by atoms with E-state index in [0.717, 1.165) is 12.2 Å². The summed E-state index contributed by atoms with van der Waals surface area (Å²) < 4.78 is 13.0. The maximum Gasteiger partial charge on any atom is 0.246 e. The Bertz CT molecular complexity index is 881. The van der Waals surface area contributed by atoms with E-state index in [4.69, 9.17) is 14.5 Å². The summed E-state index contributed by atoms with van der Waals surface area (Å²) in [6.45, 7) is 6.69. The second-order valence-corrected chi connectivity index (χ2v) is 7.11. The summed E-state index contributed by atoms with van der Waals surface area (Å²) in [4.78, 5) is 21.1. The summed E-state index contributed by atoms with van der Waals surface area (Å²) in [6.07, 6.45) is 3.41. The number of amides is 1. The third-order valence-corrected chi connectivity index (χ3v) is 4.75. The highest BCUT2D eigenvalue weighted by Crippen LogP contribution is 2.26. The van der Waals surface area contributed by atoms with Crippen LogP contribution in [0.5, 0.6) is 11.5 Å². The first-order chi connectivity index (χ1) is 14.5. The van der Waals surface area contributed by atoms with E-state index in [-0.39, 0.29) is 18.6 Å². The number of anilines is 1. The molecular formula is C21H30N6O3. The number of aryl methyl sites for hydroxylation is 1. The SMILES string of the molecule is CCNC(=NCC(C)Oc1ccccc1OC)N1CCN(c2cnn(C)c2)C(=O)C1. The molecule has 0 aliphatic carbocycles. The molecule has 1 aromatic carbocycles. The van der Waals surface area contributed by atoms with Gasteiger partial charge in [-0.05, 0) is 26.0 Å². The van der Waals surface area contributed by atoms with Crippen molar-refractivity contribution < 1.29 is 14.3 Å². The summed E-state index contributed by atoms with van der Waals surface area (Å²) in [6, 6.07) is 7.55. The lowest BCUT2D eigenvalue weighted by atomic mass is 10.3. The predicted molar refractivity (Wildman–Crippen MR) is 116 cm³/mol. The van der Waals surface area contributed by atoms with Gasteiger partial charge < -0.3 is 24.6 Å². The van der Waals surface area contributed by atoms with Crippen molar-refractivity contribution in [3.8, 4) is 11.5 Å². The molecule has 30 heavy (non-hydrogen) atoms. The Morgan fingerprint density at radius 1 is 1.30 bits per heavy atom. The second-order valence-electron chi connectivity index (χ2n) is 7.11. The molecular weight excluding hydrogens is 384 g/mol. The Kier molecular flexibility index (Phi) is 7.16. The topological polar surface area (TPSA) is 84.2 Å². The number of nitrogens with one attached hydrogen (secondary N) is 1. The van der Waals surface area contributed by atoms with Gasteiger partial charge in [-0.2, -0.15) is 5.10 Å². The average Bonchev–Trinajstić information content (AvgIpc) is 3.17. The maximum absolute atomic E-state index is 12.7. The van der Waals surface area contributed by atoms with E-state index in [0.29, 0.717) is 37.1 Å². The number of methoxy groups -OCH3 is 1. The van der Waals surface area contributed by atoms with E-state index < -0.39 is 0 Å². The van der Waals surface area contributed by atoms with Crippen molar-refractivity contribution in [1.29, 1.82) is 0 Å². The van der Waals surface area contributed by atoms with Crippen molar-refractivity contribution in [2.24, 2.45) is 12.0 Å². The number of benzene rings is 1. The van der Waals surface area contributed by atoms with Gasteiger partial charge in [0.05, 0.1) is 25.5 Å². The molecule has 1 N–H and O–H groups in total. The number of hydrogen-bond acceptors (Lipinski definition) is 5. The molecule has 9 nitrogen and oxygen atoms in total. The summed E-state index contributed by atoms with van der Waals surface area (Å²) >= 11 is 0. The lowest BCUT2D eigenvalue weighted by Gasteiger charge is -2.35. The number of para-hydroxylation sites is 2. The largest absolute Gasteiger partial charge is 0.493 e. The van der Waals surface area contributed by atoms with Gasteiger partial charge in [-0.25, -0.2) is 4.99 Å². The van der Waals surface area contributed by atoms with Gasteiger partial charge in [-0.1, -0.05) is 12.1 Å². The molecule has 9 heteroatoms. The van der Waals surface area contributed by atoms with Crippen LogP contribution in [-0.2, 0) is 11.8 Å². The fraction of sp³-hybridized carbons (Fsp3) is 0.476. The van der Waals surface area contributed by atoms with Gasteiger partial charge in [0, 0.05) is 32.9 Å². The molecule has 2 heterocycles. The summed E-state index contributed by atoms with van der Waals surface area (Å²) in [5.41, 5.74) is 0.822. The molecule has 1 saturated heterocycles. The number of aromatic nitrogens is 2. The Balaban J connectivity index is 1.62. The highest BCUT2D eigenvalue weighted by Gasteiger charge is 2.27. The van der Waals surface area contributed by atoms with Crippen molar-refractivity contribution in [2.45, 2.75) is 20.0 Å². The molecule has 1 aliphatic heterocycles. The van der Waals surface area contributed by atoms with Gasteiger partial charge in [0.25, 0.3) is 0 Å². The smallest absolute Gasteiger partial charge is 0.246 e. The first-order valence-electron chi connectivity index (χ1n) is 10.1. The Morgan fingerprint density at radius 2 is 2.07 bits per heavy atom. The van der Waals surface area contributed by atoms with Crippen LogP contribution in [0, 0.1) is 0 Å². The Labute approximate surface area is 177 Å². The quantitative estimate of drug-likeness (QED) is 0.546. The van der Waals surface area contributed by atoms with E-state index in [2.05, 4.69) is 10.4 Å². The van der Waals surface area contributed by atoms with Gasteiger partial charge in [0.1, 0.15) is 12.6 Å². The van der Waals surface area contributed by atoms with Crippen LogP contribution in [0.4, 0.5) is 5.69 Å². The number of guanidine groups is 1. The number of carbonyl (C=O) groups excluding carboxylic acids is 1. The van der Waals surface area contributed by atoms with Crippen LogP contribution in [0.2, 0.25) is 0 Å². The van der Waals surface area contributed by atoms with E-state index >= 15 is 0 Å². The number of rotatable bonds is 7. The maximum atomic E-state index is 12.7. The first-order valence-corrected chi connectivity index (χ1v) is 10.1. The highest BCUT2D eigenvalue weighted by molar-refractivity contribution is 5.98. The van der Waals surface area contributed by atoms with Gasteiger partial charge in [-0.3, -0.25) is 9.48 Å². The van der Waals surface area contributed by atoms with Crippen LogP contribution < -0.4 is 19.7 Å². The number of nitrogens with zero attached hydrogens (tertiary/aromatic N) is 5. The standard InChI is InChI=1S/C21H30N6O3/c1-5-22-21(23-12-16(2)30-19-9-7-6-8-18(19)29-4)26-10-11-27(20(28)15-26)17-13-24-25(3)14-17/h6-9,13-14,16H,5,10-12,15H2,1-4H3,(H,22,23). The molecule has 3 rings (SSSR count). The third kappa shape index (κ3) is 5.22. The lowest BCUT2D eigenvalue weighted by molar-refractivity contribution is -0.120. The van der Waals surface area contributed by atoms with E-state index in [1.807, 2.05) is 56.3 Å². The molecule has 1 aromatic heterocycles. The van der Waals surface area contributed by atoms with Crippen LogP contribution in [0.15, 0.2) is 41.7 Å². The predicted octanol–water partition coefficient (Wildman–Crippen LogP) is 1.51. The number of aliphatic imine (C=N–C) groups is 1.